The molecule has 0 saturated carbocycles. The van der Waals surface area contributed by atoms with Gasteiger partial charge in [0.2, 0.25) is 0 Å². The first-order chi connectivity index (χ1) is 6.16. The van der Waals surface area contributed by atoms with Gasteiger partial charge in [0.05, 0.1) is 11.4 Å². The zero-order valence-electron chi connectivity index (χ0n) is 8.49. The molecule has 4 heteroatoms. The quantitative estimate of drug-likeness (QED) is 0.634. The zero-order valence-corrected chi connectivity index (χ0v) is 8.49. The summed E-state index contributed by atoms with van der Waals surface area (Å²) in [5, 5.41) is 8.67. The molecule has 2 heterocycles. The van der Waals surface area contributed by atoms with E-state index in [1.807, 2.05) is 7.05 Å². The number of rotatable bonds is 1. The number of hydrogen-bond acceptors (Lipinski definition) is 3. The van der Waals surface area contributed by atoms with Crippen molar-refractivity contribution in [2.45, 2.75) is 32.9 Å². The van der Waals surface area contributed by atoms with Crippen molar-refractivity contribution in [2.75, 3.05) is 6.54 Å². The van der Waals surface area contributed by atoms with E-state index in [-0.39, 0.29) is 0 Å². The molecule has 1 aromatic rings. The van der Waals surface area contributed by atoms with Gasteiger partial charge in [-0.1, -0.05) is 0 Å². The van der Waals surface area contributed by atoms with E-state index in [1.54, 1.807) is 4.80 Å². The third kappa shape index (κ3) is 1.58. The average molecular weight is 180 g/mol. The van der Waals surface area contributed by atoms with Gasteiger partial charge in [-0.3, -0.25) is 4.90 Å². The summed E-state index contributed by atoms with van der Waals surface area (Å²) >= 11 is 0. The molecule has 0 aromatic carbocycles. The summed E-state index contributed by atoms with van der Waals surface area (Å²) in [5.41, 5.74) is 2.34. The van der Waals surface area contributed by atoms with Gasteiger partial charge in [0.25, 0.3) is 0 Å². The van der Waals surface area contributed by atoms with Crippen LogP contribution in [0.25, 0.3) is 0 Å². The van der Waals surface area contributed by atoms with Gasteiger partial charge in [0.1, 0.15) is 0 Å². The van der Waals surface area contributed by atoms with Crippen molar-refractivity contribution in [3.63, 3.8) is 0 Å². The monoisotopic (exact) mass is 180 g/mol. The molecule has 13 heavy (non-hydrogen) atoms. The maximum Gasteiger partial charge on any atom is 0.0999 e. The Hall–Kier alpha value is -0.900. The topological polar surface area (TPSA) is 34.0 Å². The second-order valence-electron chi connectivity index (χ2n) is 3.90. The highest BCUT2D eigenvalue weighted by Crippen LogP contribution is 2.16. The minimum atomic E-state index is 0.607. The summed E-state index contributed by atoms with van der Waals surface area (Å²) in [6.07, 6.45) is 1.04. The van der Waals surface area contributed by atoms with E-state index >= 15 is 0 Å². The fourth-order valence-corrected chi connectivity index (χ4v) is 1.77. The van der Waals surface area contributed by atoms with Gasteiger partial charge in [0.15, 0.2) is 0 Å². The molecule has 0 amide bonds. The Morgan fingerprint density at radius 3 is 2.62 bits per heavy atom. The van der Waals surface area contributed by atoms with Gasteiger partial charge < -0.3 is 0 Å². The Labute approximate surface area is 78.5 Å². The highest BCUT2D eigenvalue weighted by atomic mass is 15.5. The second kappa shape index (κ2) is 3.10. The van der Waals surface area contributed by atoms with Gasteiger partial charge in [-0.05, 0) is 13.8 Å². The van der Waals surface area contributed by atoms with Crippen molar-refractivity contribution in [3.8, 4) is 0 Å². The van der Waals surface area contributed by atoms with Gasteiger partial charge in [-0.25, -0.2) is 0 Å². The minimum absolute atomic E-state index is 0.607. The van der Waals surface area contributed by atoms with Crippen LogP contribution in [-0.4, -0.2) is 32.5 Å². The standard InChI is InChI=1S/C9H16N4/c1-7(2)13-5-4-8-9(6-13)11-12(3)10-8/h7H,4-6H2,1-3H3. The molecule has 0 fully saturated rings. The average Bonchev–Trinajstić information content (AvgIpc) is 2.42. The Morgan fingerprint density at radius 1 is 1.23 bits per heavy atom. The number of hydrogen-bond donors (Lipinski definition) is 0. The van der Waals surface area contributed by atoms with Crippen LogP contribution in [0.15, 0.2) is 0 Å². The van der Waals surface area contributed by atoms with Crippen molar-refractivity contribution < 1.29 is 0 Å². The Bertz CT molecular complexity index is 303. The molecule has 72 valence electrons. The number of aromatic nitrogens is 3. The second-order valence-corrected chi connectivity index (χ2v) is 3.90. The summed E-state index contributed by atoms with van der Waals surface area (Å²) in [5.74, 6) is 0. The minimum Gasteiger partial charge on any atom is -0.295 e. The number of fused-ring (bicyclic) bond motifs is 1. The lowest BCUT2D eigenvalue weighted by molar-refractivity contribution is 0.200. The van der Waals surface area contributed by atoms with Crippen molar-refractivity contribution in [1.82, 2.24) is 19.9 Å². The van der Waals surface area contributed by atoms with Crippen LogP contribution in [0.4, 0.5) is 0 Å². The first-order valence-corrected chi connectivity index (χ1v) is 4.80. The lowest BCUT2D eigenvalue weighted by Crippen LogP contribution is -2.35. The molecule has 0 atom stereocenters. The molecule has 0 saturated heterocycles. The predicted octanol–water partition coefficient (Wildman–Crippen LogP) is 0.582. The van der Waals surface area contributed by atoms with Crippen molar-refractivity contribution in [3.05, 3.63) is 11.4 Å². The Kier molecular flexibility index (Phi) is 2.07. The largest absolute Gasteiger partial charge is 0.295 e. The molecule has 0 spiro atoms. The molecule has 1 aromatic heterocycles. The van der Waals surface area contributed by atoms with Crippen LogP contribution in [0.2, 0.25) is 0 Å². The van der Waals surface area contributed by atoms with Gasteiger partial charge in [-0.2, -0.15) is 15.0 Å². The molecule has 4 nitrogen and oxygen atoms in total. The highest BCUT2D eigenvalue weighted by Gasteiger charge is 2.21. The molecule has 0 radical (unpaired) electrons. The lowest BCUT2D eigenvalue weighted by atomic mass is 10.1. The molecule has 2 rings (SSSR count). The van der Waals surface area contributed by atoms with Crippen molar-refractivity contribution in [1.29, 1.82) is 0 Å². The summed E-state index contributed by atoms with van der Waals surface area (Å²) in [6, 6.07) is 0.607. The summed E-state index contributed by atoms with van der Waals surface area (Å²) in [4.78, 5) is 4.10. The molecule has 0 N–H and O–H groups in total. The molecule has 0 bridgehead atoms. The van der Waals surface area contributed by atoms with Crippen molar-refractivity contribution in [2.24, 2.45) is 7.05 Å². The molecule has 0 aliphatic carbocycles. The van der Waals surface area contributed by atoms with Gasteiger partial charge in [-0.15, -0.1) is 0 Å². The van der Waals surface area contributed by atoms with Gasteiger partial charge >= 0.3 is 0 Å². The SMILES string of the molecule is CC(C)N1CCc2nn(C)nc2C1. The maximum atomic E-state index is 4.35. The molecular formula is C9H16N4. The van der Waals surface area contributed by atoms with Crippen molar-refractivity contribution >= 4 is 0 Å². The van der Waals surface area contributed by atoms with Crippen LogP contribution in [0.5, 0.6) is 0 Å². The van der Waals surface area contributed by atoms with Crippen LogP contribution in [0.1, 0.15) is 25.2 Å². The number of nitrogens with zero attached hydrogens (tertiary/aromatic N) is 4. The first kappa shape index (κ1) is 8.69. The van der Waals surface area contributed by atoms with E-state index in [0.717, 1.165) is 25.2 Å². The highest BCUT2D eigenvalue weighted by molar-refractivity contribution is 5.12. The van der Waals surface area contributed by atoms with Crippen LogP contribution < -0.4 is 0 Å². The van der Waals surface area contributed by atoms with Crippen LogP contribution in [0.3, 0.4) is 0 Å². The molecule has 0 unspecified atom stereocenters. The lowest BCUT2D eigenvalue weighted by Gasteiger charge is -2.28. The fraction of sp³-hybridized carbons (Fsp3) is 0.778. The van der Waals surface area contributed by atoms with E-state index in [4.69, 9.17) is 0 Å². The van der Waals surface area contributed by atoms with E-state index in [9.17, 15) is 0 Å². The van der Waals surface area contributed by atoms with E-state index in [1.165, 1.54) is 5.69 Å². The smallest absolute Gasteiger partial charge is 0.0999 e. The van der Waals surface area contributed by atoms with Crippen LogP contribution in [-0.2, 0) is 20.0 Å². The first-order valence-electron chi connectivity index (χ1n) is 4.80. The zero-order chi connectivity index (χ0) is 9.42. The van der Waals surface area contributed by atoms with E-state index in [2.05, 4.69) is 28.9 Å². The fourth-order valence-electron chi connectivity index (χ4n) is 1.77. The molecule has 1 aliphatic heterocycles. The maximum absolute atomic E-state index is 4.35. The molecule has 1 aliphatic rings. The summed E-state index contributed by atoms with van der Waals surface area (Å²) < 4.78 is 0. The summed E-state index contributed by atoms with van der Waals surface area (Å²) in [7, 11) is 1.89. The predicted molar refractivity (Wildman–Crippen MR) is 50.3 cm³/mol. The Balaban J connectivity index is 2.19. The van der Waals surface area contributed by atoms with Crippen LogP contribution in [0, 0.1) is 0 Å². The third-order valence-corrected chi connectivity index (χ3v) is 2.58. The van der Waals surface area contributed by atoms with E-state index in [0.29, 0.717) is 6.04 Å². The van der Waals surface area contributed by atoms with Crippen LogP contribution >= 0.6 is 0 Å². The normalized spacial score (nSPS) is 17.8. The summed E-state index contributed by atoms with van der Waals surface area (Å²) in [6.45, 7) is 6.52. The van der Waals surface area contributed by atoms with E-state index < -0.39 is 0 Å². The Morgan fingerprint density at radius 2 is 1.92 bits per heavy atom. The number of aryl methyl sites for hydroxylation is 1. The molecular weight excluding hydrogens is 164 g/mol. The third-order valence-electron chi connectivity index (χ3n) is 2.58. The van der Waals surface area contributed by atoms with Gasteiger partial charge in [0, 0.05) is 32.6 Å².